The van der Waals surface area contributed by atoms with Crippen molar-refractivity contribution >= 4 is 61.7 Å². The van der Waals surface area contributed by atoms with Crippen molar-refractivity contribution in [1.82, 2.24) is 4.98 Å². The van der Waals surface area contributed by atoms with Crippen molar-refractivity contribution in [1.29, 1.82) is 0 Å². The van der Waals surface area contributed by atoms with Crippen LogP contribution in [0.25, 0.3) is 0 Å². The molecule has 1 aromatic carbocycles. The van der Waals surface area contributed by atoms with Crippen LogP contribution in [0.3, 0.4) is 0 Å². The van der Waals surface area contributed by atoms with Gasteiger partial charge in [-0.2, -0.15) is 0 Å². The normalized spacial score (nSPS) is 10.6. The molecule has 3 N–H and O–H groups in total. The number of hydrogen-bond acceptors (Lipinski definition) is 5. The average Bonchev–Trinajstić information content (AvgIpc) is 2.70. The van der Waals surface area contributed by atoms with E-state index >= 15 is 0 Å². The Hall–Kier alpha value is -0.600. The molecule has 8 heteroatoms. The van der Waals surface area contributed by atoms with E-state index in [0.717, 1.165) is 0 Å². The fourth-order valence-corrected chi connectivity index (χ4v) is 2.88. The monoisotopic (exact) mass is 279 g/mol. The summed E-state index contributed by atoms with van der Waals surface area (Å²) in [6.07, 6.45) is 1.53. The van der Waals surface area contributed by atoms with E-state index < -0.39 is 10.0 Å². The van der Waals surface area contributed by atoms with Gasteiger partial charge in [0.25, 0.3) is 10.0 Å². The van der Waals surface area contributed by atoms with E-state index in [1.54, 1.807) is 5.38 Å². The minimum absolute atomic E-state index is 0. The second-order valence-electron chi connectivity index (χ2n) is 3.01. The topological polar surface area (TPSA) is 85.1 Å². The van der Waals surface area contributed by atoms with Crippen LogP contribution in [0.1, 0.15) is 0 Å². The second kappa shape index (κ2) is 5.83. The van der Waals surface area contributed by atoms with E-state index in [1.807, 2.05) is 0 Å². The van der Waals surface area contributed by atoms with Gasteiger partial charge in [0, 0.05) is 17.3 Å². The SMILES string of the molecule is Nc1ccc(S(=O)(=O)Nc2nccs2)cc1.[NaH]. The summed E-state index contributed by atoms with van der Waals surface area (Å²) in [5.74, 6) is 0. The molecule has 0 aliphatic rings. The zero-order valence-electron chi connectivity index (χ0n) is 8.12. The van der Waals surface area contributed by atoms with Crippen LogP contribution in [0.2, 0.25) is 0 Å². The summed E-state index contributed by atoms with van der Waals surface area (Å²) in [5, 5.41) is 2.04. The molecule has 0 unspecified atom stereocenters. The number of thiazole rings is 1. The molecule has 0 amide bonds. The Balaban J connectivity index is 0.00000144. The summed E-state index contributed by atoms with van der Waals surface area (Å²) in [5.41, 5.74) is 6.00. The second-order valence-corrected chi connectivity index (χ2v) is 5.59. The third-order valence-electron chi connectivity index (χ3n) is 1.84. The van der Waals surface area contributed by atoms with Gasteiger partial charge in [-0.3, -0.25) is 4.72 Å². The Labute approximate surface area is 125 Å². The number of nitrogens with zero attached hydrogens (tertiary/aromatic N) is 1. The van der Waals surface area contributed by atoms with Gasteiger partial charge in [-0.15, -0.1) is 11.3 Å². The molecular weight excluding hydrogens is 269 g/mol. The van der Waals surface area contributed by atoms with Crippen molar-refractivity contribution in [3.63, 3.8) is 0 Å². The molecule has 1 heterocycles. The Morgan fingerprint density at radius 3 is 2.41 bits per heavy atom. The van der Waals surface area contributed by atoms with E-state index in [2.05, 4.69) is 9.71 Å². The fraction of sp³-hybridized carbons (Fsp3) is 0. The number of rotatable bonds is 3. The van der Waals surface area contributed by atoms with Gasteiger partial charge in [-0.25, -0.2) is 13.4 Å². The summed E-state index contributed by atoms with van der Waals surface area (Å²) in [4.78, 5) is 4.01. The zero-order chi connectivity index (χ0) is 11.6. The first-order chi connectivity index (χ1) is 7.58. The van der Waals surface area contributed by atoms with Crippen LogP contribution in [0, 0.1) is 0 Å². The van der Waals surface area contributed by atoms with Gasteiger partial charge in [0.15, 0.2) is 5.13 Å². The number of nitrogen functional groups attached to an aromatic ring is 1. The summed E-state index contributed by atoms with van der Waals surface area (Å²) in [6, 6.07) is 5.98. The molecule has 0 fully saturated rings. The molecule has 0 aliphatic carbocycles. The first-order valence-electron chi connectivity index (χ1n) is 4.36. The minimum atomic E-state index is -3.56. The first kappa shape index (κ1) is 14.5. The van der Waals surface area contributed by atoms with Crippen LogP contribution in [0.4, 0.5) is 10.8 Å². The van der Waals surface area contributed by atoms with Crippen molar-refractivity contribution in [2.24, 2.45) is 0 Å². The summed E-state index contributed by atoms with van der Waals surface area (Å²) in [7, 11) is -3.56. The van der Waals surface area contributed by atoms with E-state index in [4.69, 9.17) is 5.73 Å². The molecule has 0 saturated carbocycles. The van der Waals surface area contributed by atoms with Crippen molar-refractivity contribution in [3.05, 3.63) is 35.8 Å². The molecule has 86 valence electrons. The summed E-state index contributed by atoms with van der Waals surface area (Å²) < 4.78 is 26.0. The molecule has 0 bridgehead atoms. The Kier molecular flexibility index (Phi) is 4.96. The van der Waals surface area contributed by atoms with Crippen molar-refractivity contribution in [2.75, 3.05) is 10.5 Å². The Bertz CT molecular complexity index is 567. The standard InChI is InChI=1S/C9H9N3O2S2.Na.H/c10-7-1-3-8(4-2-7)16(13,14)12-9-11-5-6-15-9;;/h1-6H,10H2,(H,11,12);;. The predicted octanol–water partition coefficient (Wildman–Crippen LogP) is 0.878. The van der Waals surface area contributed by atoms with E-state index in [0.29, 0.717) is 10.8 Å². The van der Waals surface area contributed by atoms with Gasteiger partial charge >= 0.3 is 29.6 Å². The molecule has 0 spiro atoms. The van der Waals surface area contributed by atoms with Crippen LogP contribution in [0.5, 0.6) is 0 Å². The molecule has 5 nitrogen and oxygen atoms in total. The average molecular weight is 279 g/mol. The molecule has 0 saturated heterocycles. The van der Waals surface area contributed by atoms with Crippen LogP contribution < -0.4 is 10.5 Å². The number of sulfonamides is 1. The maximum absolute atomic E-state index is 11.8. The van der Waals surface area contributed by atoms with Gasteiger partial charge in [-0.05, 0) is 24.3 Å². The summed E-state index contributed by atoms with van der Waals surface area (Å²) in [6.45, 7) is 0. The number of aromatic nitrogens is 1. The quantitative estimate of drug-likeness (QED) is 0.645. The Morgan fingerprint density at radius 2 is 1.88 bits per heavy atom. The van der Waals surface area contributed by atoms with Crippen LogP contribution in [-0.2, 0) is 10.0 Å². The molecule has 0 aliphatic heterocycles. The summed E-state index contributed by atoms with van der Waals surface area (Å²) >= 11 is 1.22. The van der Waals surface area contributed by atoms with E-state index in [1.165, 1.54) is 41.8 Å². The molecule has 0 radical (unpaired) electrons. The molecular formula is C9H10N3NaO2S2. The third kappa shape index (κ3) is 3.68. The number of anilines is 2. The van der Waals surface area contributed by atoms with Gasteiger partial charge in [0.1, 0.15) is 0 Å². The molecule has 17 heavy (non-hydrogen) atoms. The van der Waals surface area contributed by atoms with Crippen LogP contribution in [0.15, 0.2) is 40.7 Å². The molecule has 2 rings (SSSR count). The van der Waals surface area contributed by atoms with Crippen molar-refractivity contribution in [2.45, 2.75) is 4.90 Å². The van der Waals surface area contributed by atoms with Gasteiger partial charge in [0.2, 0.25) is 0 Å². The van der Waals surface area contributed by atoms with Crippen LogP contribution in [-0.4, -0.2) is 43.0 Å². The molecule has 0 atom stereocenters. The predicted molar refractivity (Wildman–Crippen MR) is 70.9 cm³/mol. The van der Waals surface area contributed by atoms with Crippen LogP contribution >= 0.6 is 11.3 Å². The maximum atomic E-state index is 11.8. The van der Waals surface area contributed by atoms with Gasteiger partial charge in [-0.1, -0.05) is 0 Å². The zero-order valence-corrected chi connectivity index (χ0v) is 9.75. The number of benzene rings is 1. The van der Waals surface area contributed by atoms with E-state index in [-0.39, 0.29) is 34.5 Å². The molecule has 2 aromatic rings. The fourth-order valence-electron chi connectivity index (χ4n) is 1.09. The third-order valence-corrected chi connectivity index (χ3v) is 4.02. The number of nitrogens with two attached hydrogens (primary N) is 1. The van der Waals surface area contributed by atoms with Gasteiger partial charge < -0.3 is 5.73 Å². The first-order valence-corrected chi connectivity index (χ1v) is 6.72. The Morgan fingerprint density at radius 1 is 1.24 bits per heavy atom. The van der Waals surface area contributed by atoms with E-state index in [9.17, 15) is 8.42 Å². The van der Waals surface area contributed by atoms with Gasteiger partial charge in [0.05, 0.1) is 4.90 Å². The van der Waals surface area contributed by atoms with Crippen molar-refractivity contribution in [3.8, 4) is 0 Å². The number of hydrogen-bond donors (Lipinski definition) is 2. The number of nitrogens with one attached hydrogen (secondary N) is 1. The molecule has 1 aromatic heterocycles. The van der Waals surface area contributed by atoms with Crippen molar-refractivity contribution < 1.29 is 8.42 Å².